The number of pyridine rings is 2. The molecule has 8 nitrogen and oxygen atoms in total. The van der Waals surface area contributed by atoms with Crippen LogP contribution in [0.15, 0.2) is 55.2 Å². The lowest BCUT2D eigenvalue weighted by Gasteiger charge is -2.15. The second-order valence-corrected chi connectivity index (χ2v) is 7.53. The summed E-state index contributed by atoms with van der Waals surface area (Å²) in [5.74, 6) is -0.322. The first-order chi connectivity index (χ1) is 15.1. The molecule has 0 aliphatic rings. The Bertz CT molecular complexity index is 1170. The Hall–Kier alpha value is -3.68. The first-order valence-corrected chi connectivity index (χ1v) is 10.3. The van der Waals surface area contributed by atoms with Crippen molar-refractivity contribution in [3.8, 4) is 11.3 Å². The summed E-state index contributed by atoms with van der Waals surface area (Å²) in [6.07, 6.45) is 9.22. The van der Waals surface area contributed by atoms with Gasteiger partial charge in [-0.25, -0.2) is 4.98 Å². The van der Waals surface area contributed by atoms with Crippen LogP contribution < -0.4 is 0 Å². The van der Waals surface area contributed by atoms with Gasteiger partial charge in [-0.2, -0.15) is 0 Å². The molecule has 31 heavy (non-hydrogen) atoms. The van der Waals surface area contributed by atoms with E-state index in [2.05, 4.69) is 34.0 Å². The summed E-state index contributed by atoms with van der Waals surface area (Å²) < 4.78 is 7.24. The number of aromatic nitrogens is 6. The molecule has 0 aliphatic heterocycles. The number of carbonyl (C=O) groups is 1. The van der Waals surface area contributed by atoms with E-state index in [0.717, 1.165) is 22.5 Å². The zero-order valence-corrected chi connectivity index (χ0v) is 17.8. The topological polar surface area (TPSA) is 95.2 Å². The highest BCUT2D eigenvalue weighted by Crippen LogP contribution is 2.27. The predicted molar refractivity (Wildman–Crippen MR) is 115 cm³/mol. The van der Waals surface area contributed by atoms with E-state index >= 15 is 0 Å². The third kappa shape index (κ3) is 4.28. The molecule has 0 spiro atoms. The van der Waals surface area contributed by atoms with Gasteiger partial charge in [-0.15, -0.1) is 10.2 Å². The Morgan fingerprint density at radius 2 is 1.87 bits per heavy atom. The van der Waals surface area contributed by atoms with Crippen molar-refractivity contribution in [2.24, 2.45) is 0 Å². The Kier molecular flexibility index (Phi) is 5.97. The van der Waals surface area contributed by atoms with Crippen LogP contribution in [0.25, 0.3) is 16.9 Å². The number of hydrogen-bond donors (Lipinski definition) is 0. The summed E-state index contributed by atoms with van der Waals surface area (Å²) in [5, 5.41) is 8.80. The number of esters is 1. The predicted octanol–water partition coefficient (Wildman–Crippen LogP) is 3.59. The standard InChI is InChI=1S/C23H24N6O2/c1-4-31-23(30)18(11-16-7-5-9-24-12-16)21-27-28-22-20(15(2)3)26-19(14-29(21)22)17-8-6-10-25-13-17/h5-10,12-15,18H,4,11H2,1-3H3. The number of fused-ring (bicyclic) bond motifs is 1. The van der Waals surface area contributed by atoms with Gasteiger partial charge < -0.3 is 4.74 Å². The SMILES string of the molecule is CCOC(=O)C(Cc1cccnc1)c1nnc2c(C(C)C)nc(-c3cccnc3)cn12. The Morgan fingerprint density at radius 3 is 2.52 bits per heavy atom. The van der Waals surface area contributed by atoms with Crippen LogP contribution in [-0.4, -0.2) is 42.1 Å². The molecule has 4 aromatic heterocycles. The van der Waals surface area contributed by atoms with Crippen molar-refractivity contribution in [3.63, 3.8) is 0 Å². The lowest BCUT2D eigenvalue weighted by Crippen LogP contribution is -2.21. The average molecular weight is 416 g/mol. The van der Waals surface area contributed by atoms with Gasteiger partial charge in [0.15, 0.2) is 11.5 Å². The molecule has 4 aromatic rings. The summed E-state index contributed by atoms with van der Waals surface area (Å²) in [7, 11) is 0. The number of hydrogen-bond acceptors (Lipinski definition) is 7. The van der Waals surface area contributed by atoms with E-state index in [4.69, 9.17) is 9.72 Å². The normalized spacial score (nSPS) is 12.3. The molecule has 0 N–H and O–H groups in total. The highest BCUT2D eigenvalue weighted by atomic mass is 16.5. The van der Waals surface area contributed by atoms with Crippen molar-refractivity contribution in [2.75, 3.05) is 6.61 Å². The summed E-state index contributed by atoms with van der Waals surface area (Å²) in [6, 6.07) is 7.60. The molecule has 1 atom stereocenters. The van der Waals surface area contributed by atoms with Crippen molar-refractivity contribution < 1.29 is 9.53 Å². The summed E-state index contributed by atoms with van der Waals surface area (Å²) in [4.78, 5) is 26.1. The van der Waals surface area contributed by atoms with Gasteiger partial charge in [0.1, 0.15) is 5.92 Å². The van der Waals surface area contributed by atoms with E-state index in [1.165, 1.54) is 0 Å². The van der Waals surface area contributed by atoms with E-state index in [1.807, 2.05) is 34.9 Å². The molecule has 1 unspecified atom stereocenters. The van der Waals surface area contributed by atoms with Crippen LogP contribution in [0.1, 0.15) is 49.7 Å². The molecule has 0 radical (unpaired) electrons. The smallest absolute Gasteiger partial charge is 0.317 e. The fourth-order valence-electron chi connectivity index (χ4n) is 3.49. The fraction of sp³-hybridized carbons (Fsp3) is 0.304. The summed E-state index contributed by atoms with van der Waals surface area (Å²) in [5.41, 5.74) is 3.99. The van der Waals surface area contributed by atoms with Gasteiger partial charge in [-0.3, -0.25) is 19.2 Å². The second kappa shape index (κ2) is 8.99. The minimum atomic E-state index is -0.622. The van der Waals surface area contributed by atoms with Crippen molar-refractivity contribution in [1.29, 1.82) is 0 Å². The van der Waals surface area contributed by atoms with Crippen LogP contribution >= 0.6 is 0 Å². The van der Waals surface area contributed by atoms with Crippen molar-refractivity contribution in [1.82, 2.24) is 29.5 Å². The van der Waals surface area contributed by atoms with E-state index in [-0.39, 0.29) is 11.9 Å². The first kappa shape index (κ1) is 20.6. The van der Waals surface area contributed by atoms with Gasteiger partial charge in [-0.05, 0) is 43.0 Å². The van der Waals surface area contributed by atoms with Gasteiger partial charge >= 0.3 is 5.97 Å². The molecule has 0 saturated heterocycles. The molecule has 158 valence electrons. The van der Waals surface area contributed by atoms with Crippen LogP contribution in [0.5, 0.6) is 0 Å². The molecule has 0 aromatic carbocycles. The van der Waals surface area contributed by atoms with Crippen LogP contribution in [0.3, 0.4) is 0 Å². The second-order valence-electron chi connectivity index (χ2n) is 7.53. The van der Waals surface area contributed by atoms with Gasteiger partial charge in [-0.1, -0.05) is 19.9 Å². The number of ether oxygens (including phenoxy) is 1. The maximum absolute atomic E-state index is 12.9. The average Bonchev–Trinajstić information content (AvgIpc) is 3.22. The minimum absolute atomic E-state index is 0.121. The lowest BCUT2D eigenvalue weighted by molar-refractivity contribution is -0.145. The van der Waals surface area contributed by atoms with E-state index in [0.29, 0.717) is 24.5 Å². The highest BCUT2D eigenvalue weighted by molar-refractivity contribution is 5.78. The highest BCUT2D eigenvalue weighted by Gasteiger charge is 2.29. The van der Waals surface area contributed by atoms with Gasteiger partial charge in [0, 0.05) is 36.5 Å². The van der Waals surface area contributed by atoms with Crippen LogP contribution in [0.4, 0.5) is 0 Å². The largest absolute Gasteiger partial charge is 0.465 e. The Balaban J connectivity index is 1.88. The molecule has 0 aliphatic carbocycles. The zero-order chi connectivity index (χ0) is 21.8. The maximum Gasteiger partial charge on any atom is 0.317 e. The third-order valence-corrected chi connectivity index (χ3v) is 4.99. The monoisotopic (exact) mass is 416 g/mol. The number of nitrogens with zero attached hydrogens (tertiary/aromatic N) is 6. The van der Waals surface area contributed by atoms with E-state index in [9.17, 15) is 4.79 Å². The minimum Gasteiger partial charge on any atom is -0.465 e. The van der Waals surface area contributed by atoms with Gasteiger partial charge in [0.05, 0.1) is 18.0 Å². The van der Waals surface area contributed by atoms with Crippen LogP contribution in [0.2, 0.25) is 0 Å². The molecule has 0 bridgehead atoms. The van der Waals surface area contributed by atoms with Crippen molar-refractivity contribution in [2.45, 2.75) is 39.0 Å². The van der Waals surface area contributed by atoms with E-state index < -0.39 is 5.92 Å². The molecular weight excluding hydrogens is 392 g/mol. The molecule has 0 fully saturated rings. The van der Waals surface area contributed by atoms with Gasteiger partial charge in [0.2, 0.25) is 0 Å². The molecule has 8 heteroatoms. The van der Waals surface area contributed by atoms with Gasteiger partial charge in [0.25, 0.3) is 0 Å². The Labute approximate surface area is 180 Å². The third-order valence-electron chi connectivity index (χ3n) is 4.99. The fourth-order valence-corrected chi connectivity index (χ4v) is 3.49. The number of rotatable bonds is 7. The summed E-state index contributed by atoms with van der Waals surface area (Å²) in [6.45, 7) is 6.20. The van der Waals surface area contributed by atoms with Crippen molar-refractivity contribution >= 4 is 11.6 Å². The molecular formula is C23H24N6O2. The summed E-state index contributed by atoms with van der Waals surface area (Å²) >= 11 is 0. The first-order valence-electron chi connectivity index (χ1n) is 10.3. The molecule has 4 heterocycles. The molecule has 0 amide bonds. The Morgan fingerprint density at radius 1 is 1.10 bits per heavy atom. The molecule has 0 saturated carbocycles. The van der Waals surface area contributed by atoms with Crippen LogP contribution in [-0.2, 0) is 16.0 Å². The van der Waals surface area contributed by atoms with Crippen LogP contribution in [0, 0.1) is 0 Å². The quantitative estimate of drug-likeness (QED) is 0.425. The number of carbonyl (C=O) groups excluding carboxylic acids is 1. The zero-order valence-electron chi connectivity index (χ0n) is 17.8. The molecule has 4 rings (SSSR count). The van der Waals surface area contributed by atoms with Crippen molar-refractivity contribution in [3.05, 3.63) is 72.3 Å². The van der Waals surface area contributed by atoms with E-state index in [1.54, 1.807) is 31.7 Å². The maximum atomic E-state index is 12.9. The lowest BCUT2D eigenvalue weighted by atomic mass is 9.99.